The van der Waals surface area contributed by atoms with Crippen LogP contribution >= 0.6 is 11.6 Å². The second-order valence-electron chi connectivity index (χ2n) is 4.74. The largest absolute Gasteiger partial charge is 0.480 e. The van der Waals surface area contributed by atoms with Crippen LogP contribution < -0.4 is 5.32 Å². The number of nitrogens with zero attached hydrogens (tertiary/aromatic N) is 1. The number of benzene rings is 1. The molecule has 2 N–H and O–H groups in total. The number of hydrogen-bond donors (Lipinski definition) is 2. The van der Waals surface area contributed by atoms with Crippen molar-refractivity contribution in [2.24, 2.45) is 0 Å². The zero-order valence-electron chi connectivity index (χ0n) is 11.8. The van der Waals surface area contributed by atoms with Gasteiger partial charge in [0.25, 0.3) is 0 Å². The summed E-state index contributed by atoms with van der Waals surface area (Å²) in [5, 5.41) is 12.3. The molecular formula is C14H19ClN2O3. The van der Waals surface area contributed by atoms with Gasteiger partial charge in [-0.25, -0.2) is 0 Å². The van der Waals surface area contributed by atoms with Crippen molar-refractivity contribution in [2.45, 2.75) is 25.9 Å². The molecule has 0 aliphatic carbocycles. The molecule has 0 saturated carbocycles. The van der Waals surface area contributed by atoms with Gasteiger partial charge in [-0.1, -0.05) is 29.8 Å². The summed E-state index contributed by atoms with van der Waals surface area (Å²) in [7, 11) is 1.60. The van der Waals surface area contributed by atoms with Gasteiger partial charge in [0.1, 0.15) is 6.04 Å². The average Bonchev–Trinajstić information content (AvgIpc) is 2.37. The number of halogens is 1. The van der Waals surface area contributed by atoms with Crippen LogP contribution in [0.15, 0.2) is 24.3 Å². The van der Waals surface area contributed by atoms with Gasteiger partial charge in [0, 0.05) is 5.02 Å². The summed E-state index contributed by atoms with van der Waals surface area (Å²) in [6.45, 7) is 3.38. The van der Waals surface area contributed by atoms with E-state index >= 15 is 0 Å². The minimum Gasteiger partial charge on any atom is -0.480 e. The number of carboxylic acids is 1. The molecule has 1 aromatic rings. The topological polar surface area (TPSA) is 69.6 Å². The lowest BCUT2D eigenvalue weighted by atomic mass is 10.1. The van der Waals surface area contributed by atoms with Gasteiger partial charge >= 0.3 is 5.97 Å². The first-order chi connectivity index (χ1) is 9.32. The normalized spacial score (nSPS) is 13.8. The summed E-state index contributed by atoms with van der Waals surface area (Å²) >= 11 is 6.06. The van der Waals surface area contributed by atoms with Gasteiger partial charge in [0.15, 0.2) is 0 Å². The van der Waals surface area contributed by atoms with Crippen molar-refractivity contribution in [3.63, 3.8) is 0 Å². The molecule has 0 heterocycles. The number of amides is 1. The minimum absolute atomic E-state index is 0.0161. The fourth-order valence-corrected chi connectivity index (χ4v) is 2.04. The fraction of sp³-hybridized carbons (Fsp3) is 0.429. The van der Waals surface area contributed by atoms with Crippen LogP contribution in [0, 0.1) is 0 Å². The molecule has 0 aliphatic rings. The van der Waals surface area contributed by atoms with E-state index in [1.54, 1.807) is 13.1 Å². The van der Waals surface area contributed by atoms with E-state index in [4.69, 9.17) is 16.7 Å². The maximum atomic E-state index is 11.9. The molecule has 2 atom stereocenters. The Labute approximate surface area is 123 Å². The highest BCUT2D eigenvalue weighted by atomic mass is 35.5. The molecule has 0 bridgehead atoms. The Morgan fingerprint density at radius 1 is 1.35 bits per heavy atom. The predicted octanol–water partition coefficient (Wildman–Crippen LogP) is 1.92. The van der Waals surface area contributed by atoms with E-state index in [-0.39, 0.29) is 18.5 Å². The lowest BCUT2D eigenvalue weighted by molar-refractivity contribution is -0.142. The van der Waals surface area contributed by atoms with Gasteiger partial charge in [-0.15, -0.1) is 0 Å². The van der Waals surface area contributed by atoms with Crippen molar-refractivity contribution in [1.82, 2.24) is 10.2 Å². The zero-order chi connectivity index (χ0) is 15.3. The van der Waals surface area contributed by atoms with E-state index in [2.05, 4.69) is 5.32 Å². The van der Waals surface area contributed by atoms with Crippen LogP contribution in [0.1, 0.15) is 25.5 Å². The van der Waals surface area contributed by atoms with Crippen LogP contribution in [-0.2, 0) is 9.59 Å². The van der Waals surface area contributed by atoms with Crippen molar-refractivity contribution < 1.29 is 14.7 Å². The smallest absolute Gasteiger partial charge is 0.320 e. The lowest BCUT2D eigenvalue weighted by Crippen LogP contribution is -2.43. The maximum absolute atomic E-state index is 11.9. The first-order valence-electron chi connectivity index (χ1n) is 6.29. The average molecular weight is 299 g/mol. The number of carbonyl (C=O) groups is 2. The molecule has 1 aromatic carbocycles. The zero-order valence-corrected chi connectivity index (χ0v) is 12.5. The molecule has 0 aliphatic heterocycles. The Morgan fingerprint density at radius 3 is 2.50 bits per heavy atom. The number of nitrogens with one attached hydrogen (secondary N) is 1. The van der Waals surface area contributed by atoms with Crippen LogP contribution in [0.4, 0.5) is 0 Å². The minimum atomic E-state index is -0.959. The highest BCUT2D eigenvalue weighted by Crippen LogP contribution is 2.21. The number of likely N-dealkylation sites (N-methyl/N-ethyl adjacent to an activating group) is 1. The number of carboxylic acid groups (broad SMARTS) is 1. The van der Waals surface area contributed by atoms with E-state index in [0.717, 1.165) is 5.56 Å². The van der Waals surface area contributed by atoms with Crippen LogP contribution in [0.5, 0.6) is 0 Å². The number of hydrogen-bond acceptors (Lipinski definition) is 3. The van der Waals surface area contributed by atoms with Crippen molar-refractivity contribution in [2.75, 3.05) is 13.6 Å². The van der Waals surface area contributed by atoms with E-state index in [1.807, 2.05) is 25.1 Å². The Balaban J connectivity index is 2.59. The van der Waals surface area contributed by atoms with Crippen LogP contribution in [0.2, 0.25) is 5.02 Å². The highest BCUT2D eigenvalue weighted by Gasteiger charge is 2.20. The molecule has 1 amide bonds. The Bertz CT molecular complexity index is 493. The quantitative estimate of drug-likeness (QED) is 0.842. The Morgan fingerprint density at radius 2 is 1.95 bits per heavy atom. The van der Waals surface area contributed by atoms with Gasteiger partial charge in [-0.2, -0.15) is 0 Å². The van der Waals surface area contributed by atoms with Gasteiger partial charge in [0.05, 0.1) is 12.6 Å². The van der Waals surface area contributed by atoms with E-state index in [9.17, 15) is 9.59 Å². The third kappa shape index (κ3) is 4.51. The van der Waals surface area contributed by atoms with Gasteiger partial charge in [-0.3, -0.25) is 14.5 Å². The monoisotopic (exact) mass is 298 g/mol. The SMILES string of the molecule is CC(NC(=O)CN(C)C(C)C(=O)O)c1ccccc1Cl. The first kappa shape index (κ1) is 16.5. The molecular weight excluding hydrogens is 280 g/mol. The van der Waals surface area contributed by atoms with Crippen molar-refractivity contribution >= 4 is 23.5 Å². The summed E-state index contributed by atoms with van der Waals surface area (Å²) in [5.41, 5.74) is 0.830. The molecule has 20 heavy (non-hydrogen) atoms. The standard InChI is InChI=1S/C14H19ClN2O3/c1-9(11-6-4-5-7-12(11)15)16-13(18)8-17(3)10(2)14(19)20/h4-7,9-10H,8H2,1-3H3,(H,16,18)(H,19,20). The summed E-state index contributed by atoms with van der Waals surface area (Å²) < 4.78 is 0. The Hall–Kier alpha value is -1.59. The molecule has 0 saturated heterocycles. The van der Waals surface area contributed by atoms with Crippen LogP contribution in [-0.4, -0.2) is 41.5 Å². The van der Waals surface area contributed by atoms with Gasteiger partial charge in [-0.05, 0) is 32.5 Å². The molecule has 0 aromatic heterocycles. The molecule has 5 nitrogen and oxygen atoms in total. The van der Waals surface area contributed by atoms with Gasteiger partial charge in [0.2, 0.25) is 5.91 Å². The highest BCUT2D eigenvalue weighted by molar-refractivity contribution is 6.31. The van der Waals surface area contributed by atoms with Crippen LogP contribution in [0.3, 0.4) is 0 Å². The second kappa shape index (κ2) is 7.26. The summed E-state index contributed by atoms with van der Waals surface area (Å²) in [5.74, 6) is -1.20. The fourth-order valence-electron chi connectivity index (χ4n) is 1.74. The van der Waals surface area contributed by atoms with Crippen molar-refractivity contribution in [3.05, 3.63) is 34.9 Å². The Kier molecular flexibility index (Phi) is 5.98. The molecule has 1 rings (SSSR count). The van der Waals surface area contributed by atoms with Crippen molar-refractivity contribution in [3.8, 4) is 0 Å². The molecule has 110 valence electrons. The van der Waals surface area contributed by atoms with Crippen LogP contribution in [0.25, 0.3) is 0 Å². The third-order valence-electron chi connectivity index (χ3n) is 3.16. The molecule has 0 radical (unpaired) electrons. The lowest BCUT2D eigenvalue weighted by Gasteiger charge is -2.22. The first-order valence-corrected chi connectivity index (χ1v) is 6.67. The van der Waals surface area contributed by atoms with Gasteiger partial charge < -0.3 is 10.4 Å². The molecule has 0 fully saturated rings. The maximum Gasteiger partial charge on any atom is 0.320 e. The predicted molar refractivity (Wildman–Crippen MR) is 77.7 cm³/mol. The number of aliphatic carboxylic acids is 1. The number of rotatable bonds is 6. The molecule has 0 spiro atoms. The molecule has 2 unspecified atom stereocenters. The molecule has 6 heteroatoms. The summed E-state index contributed by atoms with van der Waals surface area (Å²) in [6, 6.07) is 6.33. The van der Waals surface area contributed by atoms with Crippen molar-refractivity contribution in [1.29, 1.82) is 0 Å². The third-order valence-corrected chi connectivity index (χ3v) is 3.50. The second-order valence-corrected chi connectivity index (χ2v) is 5.15. The van der Waals surface area contributed by atoms with E-state index < -0.39 is 12.0 Å². The van der Waals surface area contributed by atoms with E-state index in [0.29, 0.717) is 5.02 Å². The van der Waals surface area contributed by atoms with E-state index in [1.165, 1.54) is 11.8 Å². The summed E-state index contributed by atoms with van der Waals surface area (Å²) in [4.78, 5) is 24.2. The number of carbonyl (C=O) groups excluding carboxylic acids is 1. The summed E-state index contributed by atoms with van der Waals surface area (Å²) in [6.07, 6.45) is 0.